The molecular formula is C16H16FN3O3. The number of aromatic nitrogens is 2. The van der Waals surface area contributed by atoms with Gasteiger partial charge < -0.3 is 10.0 Å². The zero-order valence-electron chi connectivity index (χ0n) is 12.4. The standard InChI is InChI=1S/C16H16FN3O3/c17-12-3-5-13(6-4-12)20-9-7-14(18-20)15(21)19-8-1-2-11(10-19)16(22)23/h3-7,9,11H,1-2,8,10H2,(H,22,23). The molecule has 6 nitrogen and oxygen atoms in total. The molecule has 1 N–H and O–H groups in total. The van der Waals surface area contributed by atoms with E-state index in [1.165, 1.54) is 21.7 Å². The van der Waals surface area contributed by atoms with Gasteiger partial charge in [-0.25, -0.2) is 9.07 Å². The van der Waals surface area contributed by atoms with Crippen molar-refractivity contribution in [1.82, 2.24) is 14.7 Å². The number of likely N-dealkylation sites (tertiary alicyclic amines) is 1. The summed E-state index contributed by atoms with van der Waals surface area (Å²) in [5, 5.41) is 13.3. The summed E-state index contributed by atoms with van der Waals surface area (Å²) >= 11 is 0. The summed E-state index contributed by atoms with van der Waals surface area (Å²) in [5.41, 5.74) is 0.896. The molecule has 0 bridgehead atoms. The first kappa shape index (κ1) is 15.2. The Morgan fingerprint density at radius 2 is 1.96 bits per heavy atom. The molecule has 1 aromatic heterocycles. The Hall–Kier alpha value is -2.70. The Bertz CT molecular complexity index is 726. The van der Waals surface area contributed by atoms with Crippen molar-refractivity contribution < 1.29 is 19.1 Å². The van der Waals surface area contributed by atoms with Crippen LogP contribution in [0.1, 0.15) is 23.3 Å². The van der Waals surface area contributed by atoms with Crippen molar-refractivity contribution in [3.63, 3.8) is 0 Å². The van der Waals surface area contributed by atoms with Crippen LogP contribution in [0.4, 0.5) is 4.39 Å². The Balaban J connectivity index is 1.75. The molecule has 1 aliphatic rings. The molecule has 0 aliphatic carbocycles. The van der Waals surface area contributed by atoms with Crippen LogP contribution in [-0.4, -0.2) is 44.8 Å². The lowest BCUT2D eigenvalue weighted by Crippen LogP contribution is -2.42. The van der Waals surface area contributed by atoms with E-state index in [1.54, 1.807) is 24.4 Å². The minimum Gasteiger partial charge on any atom is -0.481 e. The Morgan fingerprint density at radius 1 is 1.22 bits per heavy atom. The Kier molecular flexibility index (Phi) is 4.10. The van der Waals surface area contributed by atoms with Crippen molar-refractivity contribution in [3.05, 3.63) is 48.0 Å². The van der Waals surface area contributed by atoms with Crippen LogP contribution in [0.2, 0.25) is 0 Å². The lowest BCUT2D eigenvalue weighted by molar-refractivity contribution is -0.143. The average Bonchev–Trinajstić information content (AvgIpc) is 3.05. The number of carboxylic acids is 1. The molecule has 0 radical (unpaired) electrons. The van der Waals surface area contributed by atoms with Gasteiger partial charge in [0.15, 0.2) is 5.69 Å². The third kappa shape index (κ3) is 3.23. The van der Waals surface area contributed by atoms with E-state index in [-0.39, 0.29) is 24.0 Å². The maximum Gasteiger partial charge on any atom is 0.308 e. The van der Waals surface area contributed by atoms with E-state index in [0.29, 0.717) is 25.1 Å². The number of halogens is 1. The molecule has 120 valence electrons. The summed E-state index contributed by atoms with van der Waals surface area (Å²) in [6.45, 7) is 0.740. The summed E-state index contributed by atoms with van der Waals surface area (Å²) in [6.07, 6.45) is 2.88. The number of aliphatic carboxylic acids is 1. The summed E-state index contributed by atoms with van der Waals surface area (Å²) in [5.74, 6) is -2.02. The first-order valence-corrected chi connectivity index (χ1v) is 7.38. The van der Waals surface area contributed by atoms with Crippen molar-refractivity contribution in [2.45, 2.75) is 12.8 Å². The topological polar surface area (TPSA) is 75.4 Å². The van der Waals surface area contributed by atoms with Crippen LogP contribution in [-0.2, 0) is 4.79 Å². The van der Waals surface area contributed by atoms with Crippen LogP contribution >= 0.6 is 0 Å². The Morgan fingerprint density at radius 3 is 2.65 bits per heavy atom. The first-order valence-electron chi connectivity index (χ1n) is 7.38. The molecule has 1 fully saturated rings. The zero-order valence-corrected chi connectivity index (χ0v) is 12.4. The fourth-order valence-corrected chi connectivity index (χ4v) is 2.70. The van der Waals surface area contributed by atoms with Crippen LogP contribution in [0.3, 0.4) is 0 Å². The van der Waals surface area contributed by atoms with Gasteiger partial charge in [0.25, 0.3) is 5.91 Å². The number of benzene rings is 1. The quantitative estimate of drug-likeness (QED) is 0.939. The number of carbonyl (C=O) groups excluding carboxylic acids is 1. The SMILES string of the molecule is O=C(O)C1CCCN(C(=O)c2ccn(-c3ccc(F)cc3)n2)C1. The molecular weight excluding hydrogens is 301 g/mol. The van der Waals surface area contributed by atoms with Gasteiger partial charge in [-0.3, -0.25) is 9.59 Å². The van der Waals surface area contributed by atoms with Crippen molar-refractivity contribution in [1.29, 1.82) is 0 Å². The molecule has 1 saturated heterocycles. The maximum absolute atomic E-state index is 12.9. The van der Waals surface area contributed by atoms with Crippen LogP contribution < -0.4 is 0 Å². The van der Waals surface area contributed by atoms with E-state index < -0.39 is 11.9 Å². The average molecular weight is 317 g/mol. The van der Waals surface area contributed by atoms with Gasteiger partial charge in [0.1, 0.15) is 5.82 Å². The third-order valence-electron chi connectivity index (χ3n) is 3.96. The third-order valence-corrected chi connectivity index (χ3v) is 3.96. The number of carboxylic acid groups (broad SMARTS) is 1. The van der Waals surface area contributed by atoms with Gasteiger partial charge in [-0.2, -0.15) is 5.10 Å². The summed E-state index contributed by atoms with van der Waals surface area (Å²) in [4.78, 5) is 25.1. The second-order valence-electron chi connectivity index (χ2n) is 5.55. The molecule has 1 atom stereocenters. The maximum atomic E-state index is 12.9. The second-order valence-corrected chi connectivity index (χ2v) is 5.55. The summed E-state index contributed by atoms with van der Waals surface area (Å²) < 4.78 is 14.4. The predicted octanol–water partition coefficient (Wildman–Crippen LogP) is 1.95. The van der Waals surface area contributed by atoms with E-state index in [0.717, 1.165) is 0 Å². The van der Waals surface area contributed by atoms with E-state index in [1.807, 2.05) is 0 Å². The molecule has 0 spiro atoms. The van der Waals surface area contributed by atoms with Crippen molar-refractivity contribution in [2.24, 2.45) is 5.92 Å². The van der Waals surface area contributed by atoms with Gasteiger partial charge >= 0.3 is 5.97 Å². The number of rotatable bonds is 3. The van der Waals surface area contributed by atoms with E-state index in [4.69, 9.17) is 5.11 Å². The molecule has 3 rings (SSSR count). The number of amides is 1. The summed E-state index contributed by atoms with van der Waals surface area (Å²) in [7, 11) is 0. The number of nitrogens with zero attached hydrogens (tertiary/aromatic N) is 3. The minimum absolute atomic E-state index is 0.206. The van der Waals surface area contributed by atoms with Crippen molar-refractivity contribution >= 4 is 11.9 Å². The van der Waals surface area contributed by atoms with E-state index in [9.17, 15) is 14.0 Å². The van der Waals surface area contributed by atoms with Crippen LogP contribution in [0.5, 0.6) is 0 Å². The lowest BCUT2D eigenvalue weighted by Gasteiger charge is -2.30. The molecule has 1 aromatic carbocycles. The zero-order chi connectivity index (χ0) is 16.4. The molecule has 1 unspecified atom stereocenters. The molecule has 23 heavy (non-hydrogen) atoms. The van der Waals surface area contributed by atoms with Crippen molar-refractivity contribution in [3.8, 4) is 5.69 Å². The number of piperidine rings is 1. The number of hydrogen-bond acceptors (Lipinski definition) is 3. The number of carbonyl (C=O) groups is 2. The highest BCUT2D eigenvalue weighted by atomic mass is 19.1. The largest absolute Gasteiger partial charge is 0.481 e. The molecule has 2 heterocycles. The van der Waals surface area contributed by atoms with Gasteiger partial charge in [0.2, 0.25) is 0 Å². The molecule has 1 aliphatic heterocycles. The van der Waals surface area contributed by atoms with Gasteiger partial charge in [-0.05, 0) is 43.2 Å². The predicted molar refractivity (Wildman–Crippen MR) is 79.8 cm³/mol. The lowest BCUT2D eigenvalue weighted by atomic mass is 9.98. The number of hydrogen-bond donors (Lipinski definition) is 1. The second kappa shape index (κ2) is 6.20. The van der Waals surface area contributed by atoms with E-state index >= 15 is 0 Å². The van der Waals surface area contributed by atoms with Gasteiger partial charge in [0.05, 0.1) is 11.6 Å². The van der Waals surface area contributed by atoms with E-state index in [2.05, 4.69) is 5.10 Å². The highest BCUT2D eigenvalue weighted by Crippen LogP contribution is 2.19. The molecule has 1 amide bonds. The van der Waals surface area contributed by atoms with Gasteiger partial charge in [-0.1, -0.05) is 0 Å². The highest BCUT2D eigenvalue weighted by Gasteiger charge is 2.29. The van der Waals surface area contributed by atoms with Crippen LogP contribution in [0, 0.1) is 11.7 Å². The van der Waals surface area contributed by atoms with Gasteiger partial charge in [0, 0.05) is 19.3 Å². The summed E-state index contributed by atoms with van der Waals surface area (Å²) in [6, 6.07) is 7.35. The first-order chi connectivity index (χ1) is 11.0. The van der Waals surface area contributed by atoms with Crippen LogP contribution in [0.25, 0.3) is 5.69 Å². The minimum atomic E-state index is -0.876. The normalized spacial score (nSPS) is 18.0. The molecule has 2 aromatic rings. The van der Waals surface area contributed by atoms with Crippen molar-refractivity contribution in [2.75, 3.05) is 13.1 Å². The van der Waals surface area contributed by atoms with Crippen LogP contribution in [0.15, 0.2) is 36.5 Å². The molecule has 7 heteroatoms. The molecule has 0 saturated carbocycles. The Labute approximate surface area is 132 Å². The van der Waals surface area contributed by atoms with Gasteiger partial charge in [-0.15, -0.1) is 0 Å². The highest BCUT2D eigenvalue weighted by molar-refractivity contribution is 5.92. The fourth-order valence-electron chi connectivity index (χ4n) is 2.70. The monoisotopic (exact) mass is 317 g/mol. The fraction of sp³-hybridized carbons (Fsp3) is 0.312. The smallest absolute Gasteiger partial charge is 0.308 e.